The van der Waals surface area contributed by atoms with Crippen LogP contribution in [0.2, 0.25) is 0 Å². The summed E-state index contributed by atoms with van der Waals surface area (Å²) < 4.78 is 0. The fourth-order valence-electron chi connectivity index (χ4n) is 3.39. The SMILES string of the molecule is C.CC(C)(C)C(=O)CCC1CC(C)(C)N(O)C(C)(C)C1. The molecule has 1 fully saturated rings. The molecule has 1 saturated heterocycles. The fourth-order valence-corrected chi connectivity index (χ4v) is 3.39. The lowest BCUT2D eigenvalue weighted by Crippen LogP contribution is -2.58. The molecule has 0 bridgehead atoms. The lowest BCUT2D eigenvalue weighted by Gasteiger charge is -2.51. The number of nitrogens with zero attached hydrogens (tertiary/aromatic N) is 1. The first-order chi connectivity index (χ1) is 8.36. The molecule has 0 atom stereocenters. The Kier molecular flexibility index (Phi) is 6.02. The number of hydroxylamine groups is 2. The summed E-state index contributed by atoms with van der Waals surface area (Å²) in [6.45, 7) is 14.3. The Morgan fingerprint density at radius 1 is 1.15 bits per heavy atom. The van der Waals surface area contributed by atoms with Crippen molar-refractivity contribution in [1.29, 1.82) is 0 Å². The van der Waals surface area contributed by atoms with Crippen LogP contribution in [0.1, 0.15) is 81.6 Å². The number of carbonyl (C=O) groups is 1. The molecular weight excluding hydrogens is 250 g/mol. The van der Waals surface area contributed by atoms with E-state index < -0.39 is 0 Å². The molecule has 20 heavy (non-hydrogen) atoms. The Labute approximate surface area is 125 Å². The van der Waals surface area contributed by atoms with Gasteiger partial charge in [-0.3, -0.25) is 4.79 Å². The average Bonchev–Trinajstić information content (AvgIpc) is 2.20. The Balaban J connectivity index is 0.00000361. The van der Waals surface area contributed by atoms with E-state index in [-0.39, 0.29) is 23.9 Å². The summed E-state index contributed by atoms with van der Waals surface area (Å²) in [5.41, 5.74) is -0.656. The monoisotopic (exact) mass is 285 g/mol. The van der Waals surface area contributed by atoms with Gasteiger partial charge < -0.3 is 5.21 Å². The molecule has 0 radical (unpaired) electrons. The van der Waals surface area contributed by atoms with Crippen molar-refractivity contribution in [2.75, 3.05) is 0 Å². The maximum absolute atomic E-state index is 12.0. The van der Waals surface area contributed by atoms with Gasteiger partial charge in [0.05, 0.1) is 0 Å². The summed E-state index contributed by atoms with van der Waals surface area (Å²) in [6.07, 6.45) is 3.50. The van der Waals surface area contributed by atoms with Crippen LogP contribution in [0, 0.1) is 11.3 Å². The largest absolute Gasteiger partial charge is 0.313 e. The lowest BCUT2D eigenvalue weighted by atomic mass is 9.73. The third-order valence-electron chi connectivity index (χ3n) is 4.34. The minimum absolute atomic E-state index is 0. The van der Waals surface area contributed by atoms with Gasteiger partial charge in [0.15, 0.2) is 0 Å². The second-order valence-corrected chi connectivity index (χ2v) is 8.42. The zero-order chi connectivity index (χ0) is 15.1. The number of carbonyl (C=O) groups excluding carboxylic acids is 1. The minimum Gasteiger partial charge on any atom is -0.313 e. The van der Waals surface area contributed by atoms with Crippen molar-refractivity contribution in [1.82, 2.24) is 5.06 Å². The smallest absolute Gasteiger partial charge is 0.138 e. The van der Waals surface area contributed by atoms with E-state index in [4.69, 9.17) is 0 Å². The lowest BCUT2D eigenvalue weighted by molar-refractivity contribution is -0.251. The van der Waals surface area contributed by atoms with E-state index in [1.165, 1.54) is 5.06 Å². The van der Waals surface area contributed by atoms with Crippen molar-refractivity contribution >= 4 is 5.78 Å². The maximum Gasteiger partial charge on any atom is 0.138 e. The molecule has 1 N–H and O–H groups in total. The van der Waals surface area contributed by atoms with Gasteiger partial charge in [0.25, 0.3) is 0 Å². The summed E-state index contributed by atoms with van der Waals surface area (Å²) in [6, 6.07) is 0. The quantitative estimate of drug-likeness (QED) is 0.818. The van der Waals surface area contributed by atoms with Crippen LogP contribution in [0.4, 0.5) is 0 Å². The molecular formula is C17H35NO2. The first kappa shape index (κ1) is 19.6. The molecule has 0 amide bonds. The predicted molar refractivity (Wildman–Crippen MR) is 84.9 cm³/mol. The Bertz CT molecular complexity index is 321. The molecule has 1 aliphatic rings. The van der Waals surface area contributed by atoms with Crippen LogP contribution in [0.25, 0.3) is 0 Å². The van der Waals surface area contributed by atoms with Crippen molar-refractivity contribution < 1.29 is 10.0 Å². The summed E-state index contributed by atoms with van der Waals surface area (Å²) in [5.74, 6) is 0.856. The van der Waals surface area contributed by atoms with Crippen LogP contribution >= 0.6 is 0 Å². The standard InChI is InChI=1S/C16H31NO2.CH4/c1-14(2,3)13(18)9-8-12-10-15(4,5)17(19)16(6,7)11-12;/h12,19H,8-11H2,1-7H3;1H4. The van der Waals surface area contributed by atoms with Crippen LogP contribution in [0.5, 0.6) is 0 Å². The highest BCUT2D eigenvalue weighted by molar-refractivity contribution is 5.83. The van der Waals surface area contributed by atoms with E-state index in [0.29, 0.717) is 18.1 Å². The van der Waals surface area contributed by atoms with Crippen LogP contribution in [0.15, 0.2) is 0 Å². The fraction of sp³-hybridized carbons (Fsp3) is 0.941. The van der Waals surface area contributed by atoms with Crippen LogP contribution < -0.4 is 0 Å². The summed E-state index contributed by atoms with van der Waals surface area (Å²) in [7, 11) is 0. The summed E-state index contributed by atoms with van der Waals surface area (Å²) in [5, 5.41) is 11.8. The Hall–Kier alpha value is -0.410. The number of piperidine rings is 1. The maximum atomic E-state index is 12.0. The van der Waals surface area contributed by atoms with Crippen molar-refractivity contribution in [3.8, 4) is 0 Å². The summed E-state index contributed by atoms with van der Waals surface area (Å²) >= 11 is 0. The van der Waals surface area contributed by atoms with Gasteiger partial charge in [-0.1, -0.05) is 28.2 Å². The van der Waals surface area contributed by atoms with Crippen LogP contribution in [-0.2, 0) is 4.79 Å². The number of hydrogen-bond acceptors (Lipinski definition) is 3. The Morgan fingerprint density at radius 2 is 1.55 bits per heavy atom. The molecule has 1 heterocycles. The van der Waals surface area contributed by atoms with Gasteiger partial charge >= 0.3 is 0 Å². The highest BCUT2D eigenvalue weighted by atomic mass is 16.5. The first-order valence-electron chi connectivity index (χ1n) is 7.39. The van der Waals surface area contributed by atoms with Gasteiger partial charge in [0.1, 0.15) is 5.78 Å². The molecule has 0 aromatic rings. The topological polar surface area (TPSA) is 40.5 Å². The van der Waals surface area contributed by atoms with Gasteiger partial charge in [-0.25, -0.2) is 0 Å². The normalized spacial score (nSPS) is 23.2. The van der Waals surface area contributed by atoms with E-state index in [1.54, 1.807) is 0 Å². The van der Waals surface area contributed by atoms with E-state index in [9.17, 15) is 10.0 Å². The molecule has 3 heteroatoms. The molecule has 0 aromatic heterocycles. The van der Waals surface area contributed by atoms with E-state index in [2.05, 4.69) is 27.7 Å². The van der Waals surface area contributed by atoms with Gasteiger partial charge in [-0.15, -0.1) is 0 Å². The number of ketones is 1. The number of rotatable bonds is 3. The molecule has 0 aliphatic carbocycles. The third-order valence-corrected chi connectivity index (χ3v) is 4.34. The third kappa shape index (κ3) is 4.56. The van der Waals surface area contributed by atoms with Crippen molar-refractivity contribution in [2.24, 2.45) is 11.3 Å². The summed E-state index contributed by atoms with van der Waals surface area (Å²) in [4.78, 5) is 12.0. The van der Waals surface area contributed by atoms with Gasteiger partial charge in [-0.2, -0.15) is 5.06 Å². The highest BCUT2D eigenvalue weighted by Crippen LogP contribution is 2.41. The Morgan fingerprint density at radius 3 is 1.90 bits per heavy atom. The molecule has 120 valence electrons. The van der Waals surface area contributed by atoms with Crippen molar-refractivity contribution in [3.63, 3.8) is 0 Å². The first-order valence-corrected chi connectivity index (χ1v) is 7.39. The molecule has 0 spiro atoms. The van der Waals surface area contributed by atoms with Crippen LogP contribution in [0.3, 0.4) is 0 Å². The molecule has 0 aromatic carbocycles. The average molecular weight is 285 g/mol. The zero-order valence-electron chi connectivity index (χ0n) is 13.7. The van der Waals surface area contributed by atoms with Gasteiger partial charge in [0, 0.05) is 22.9 Å². The molecule has 3 nitrogen and oxygen atoms in total. The molecule has 1 rings (SSSR count). The van der Waals surface area contributed by atoms with E-state index >= 15 is 0 Å². The zero-order valence-corrected chi connectivity index (χ0v) is 13.7. The van der Waals surface area contributed by atoms with Gasteiger partial charge in [0.2, 0.25) is 0 Å². The number of Topliss-reactive ketones (excluding diaryl/α,β-unsaturated/α-hetero) is 1. The number of hydrogen-bond donors (Lipinski definition) is 1. The van der Waals surface area contributed by atoms with Crippen LogP contribution in [-0.4, -0.2) is 27.1 Å². The second kappa shape index (κ2) is 6.15. The van der Waals surface area contributed by atoms with E-state index in [1.807, 2.05) is 20.8 Å². The second-order valence-electron chi connectivity index (χ2n) is 8.42. The van der Waals surface area contributed by atoms with Gasteiger partial charge in [-0.05, 0) is 52.9 Å². The molecule has 0 saturated carbocycles. The molecule has 1 aliphatic heterocycles. The van der Waals surface area contributed by atoms with E-state index in [0.717, 1.165) is 19.3 Å². The van der Waals surface area contributed by atoms with Crippen molar-refractivity contribution in [2.45, 2.75) is 92.7 Å². The highest BCUT2D eigenvalue weighted by Gasteiger charge is 2.44. The minimum atomic E-state index is -0.233. The van der Waals surface area contributed by atoms with Crippen molar-refractivity contribution in [3.05, 3.63) is 0 Å². The predicted octanol–water partition coefficient (Wildman–Crippen LogP) is 4.68. The molecule has 0 unspecified atom stereocenters.